The molecule has 2 aromatic rings. The predicted molar refractivity (Wildman–Crippen MR) is 90.2 cm³/mol. The standard InChI is InChI=1S/C17H27N5O/c1-7-22-13(5)15(12(4)20-22)10-19-17(23)14(6)21-9-8-18-16(21)11(2)3/h8-9,11,14H,7,10H2,1-6H3,(H,19,23)/t14-/m1/s1. The first kappa shape index (κ1) is 17.2. The highest BCUT2D eigenvalue weighted by Crippen LogP contribution is 2.18. The Morgan fingerprint density at radius 1 is 1.30 bits per heavy atom. The van der Waals surface area contributed by atoms with Crippen LogP contribution in [0.3, 0.4) is 0 Å². The summed E-state index contributed by atoms with van der Waals surface area (Å²) in [7, 11) is 0. The Morgan fingerprint density at radius 2 is 2.00 bits per heavy atom. The number of carbonyl (C=O) groups is 1. The topological polar surface area (TPSA) is 64.7 Å². The van der Waals surface area contributed by atoms with Crippen molar-refractivity contribution in [1.29, 1.82) is 0 Å². The molecule has 1 N–H and O–H groups in total. The van der Waals surface area contributed by atoms with Crippen LogP contribution in [0.25, 0.3) is 0 Å². The molecule has 126 valence electrons. The molecule has 0 bridgehead atoms. The summed E-state index contributed by atoms with van der Waals surface area (Å²) in [5, 5.41) is 7.52. The Labute approximate surface area is 137 Å². The van der Waals surface area contributed by atoms with Crippen molar-refractivity contribution in [3.63, 3.8) is 0 Å². The van der Waals surface area contributed by atoms with Crippen LogP contribution in [-0.4, -0.2) is 25.2 Å². The number of carbonyl (C=O) groups excluding carboxylic acids is 1. The van der Waals surface area contributed by atoms with Crippen LogP contribution in [0.5, 0.6) is 0 Å². The number of hydrogen-bond donors (Lipinski definition) is 1. The fraction of sp³-hybridized carbons (Fsp3) is 0.588. The second-order valence-corrected chi connectivity index (χ2v) is 6.21. The van der Waals surface area contributed by atoms with Gasteiger partial charge < -0.3 is 9.88 Å². The van der Waals surface area contributed by atoms with E-state index in [1.807, 2.05) is 36.2 Å². The number of nitrogens with zero attached hydrogens (tertiary/aromatic N) is 4. The lowest BCUT2D eigenvalue weighted by Crippen LogP contribution is -2.31. The molecule has 0 saturated carbocycles. The van der Waals surface area contributed by atoms with Crippen molar-refractivity contribution in [2.75, 3.05) is 0 Å². The van der Waals surface area contributed by atoms with E-state index in [4.69, 9.17) is 0 Å². The third-order valence-electron chi connectivity index (χ3n) is 4.28. The lowest BCUT2D eigenvalue weighted by Gasteiger charge is -2.18. The highest BCUT2D eigenvalue weighted by Gasteiger charge is 2.20. The molecule has 6 heteroatoms. The Kier molecular flexibility index (Phi) is 5.23. The Bertz CT molecular complexity index is 683. The zero-order valence-electron chi connectivity index (χ0n) is 14.9. The molecule has 6 nitrogen and oxygen atoms in total. The molecule has 23 heavy (non-hydrogen) atoms. The molecule has 0 unspecified atom stereocenters. The molecule has 2 heterocycles. The lowest BCUT2D eigenvalue weighted by molar-refractivity contribution is -0.124. The molecule has 0 radical (unpaired) electrons. The van der Waals surface area contributed by atoms with Gasteiger partial charge in [-0.1, -0.05) is 13.8 Å². The molecular weight excluding hydrogens is 290 g/mol. The van der Waals surface area contributed by atoms with E-state index >= 15 is 0 Å². The van der Waals surface area contributed by atoms with Gasteiger partial charge in [0.1, 0.15) is 11.9 Å². The molecule has 2 rings (SSSR count). The van der Waals surface area contributed by atoms with Crippen LogP contribution in [0, 0.1) is 13.8 Å². The molecule has 1 atom stereocenters. The minimum absolute atomic E-state index is 0.00653. The van der Waals surface area contributed by atoms with E-state index in [0.717, 1.165) is 29.3 Å². The number of aromatic nitrogens is 4. The number of nitrogens with one attached hydrogen (secondary N) is 1. The molecular formula is C17H27N5O. The van der Waals surface area contributed by atoms with Crippen LogP contribution >= 0.6 is 0 Å². The summed E-state index contributed by atoms with van der Waals surface area (Å²) < 4.78 is 3.90. The first-order chi connectivity index (χ1) is 10.9. The van der Waals surface area contributed by atoms with E-state index in [2.05, 4.69) is 36.2 Å². The maximum atomic E-state index is 12.5. The zero-order valence-corrected chi connectivity index (χ0v) is 14.9. The van der Waals surface area contributed by atoms with E-state index in [0.29, 0.717) is 6.54 Å². The van der Waals surface area contributed by atoms with E-state index in [9.17, 15) is 4.79 Å². The van der Waals surface area contributed by atoms with Crippen LogP contribution in [0.4, 0.5) is 0 Å². The lowest BCUT2D eigenvalue weighted by atomic mass is 10.1. The molecule has 0 aliphatic carbocycles. The van der Waals surface area contributed by atoms with Gasteiger partial charge in [-0.15, -0.1) is 0 Å². The molecule has 2 aromatic heterocycles. The Morgan fingerprint density at radius 3 is 2.57 bits per heavy atom. The predicted octanol–water partition coefficient (Wildman–Crippen LogP) is 2.72. The van der Waals surface area contributed by atoms with Gasteiger partial charge in [0.25, 0.3) is 0 Å². The van der Waals surface area contributed by atoms with Crippen molar-refractivity contribution in [3.8, 4) is 0 Å². The summed E-state index contributed by atoms with van der Waals surface area (Å²) in [6, 6.07) is -0.281. The first-order valence-electron chi connectivity index (χ1n) is 8.20. The molecule has 0 aliphatic rings. The van der Waals surface area contributed by atoms with E-state index in [-0.39, 0.29) is 17.9 Å². The van der Waals surface area contributed by atoms with Gasteiger partial charge in [0.05, 0.1) is 5.69 Å². The van der Waals surface area contributed by atoms with Crippen molar-refractivity contribution in [2.45, 2.75) is 66.6 Å². The normalized spacial score (nSPS) is 12.7. The van der Waals surface area contributed by atoms with Crippen LogP contribution in [0.2, 0.25) is 0 Å². The summed E-state index contributed by atoms with van der Waals surface area (Å²) in [6.07, 6.45) is 3.61. The average Bonchev–Trinajstić information content (AvgIpc) is 3.10. The molecule has 1 amide bonds. The average molecular weight is 317 g/mol. The summed E-state index contributed by atoms with van der Waals surface area (Å²) in [5.74, 6) is 1.21. The van der Waals surface area contributed by atoms with Crippen molar-refractivity contribution in [2.24, 2.45) is 0 Å². The fourth-order valence-electron chi connectivity index (χ4n) is 2.85. The summed E-state index contributed by atoms with van der Waals surface area (Å²) in [5.41, 5.74) is 3.19. The molecule has 0 spiro atoms. The zero-order chi connectivity index (χ0) is 17.1. The number of imidazole rings is 1. The highest BCUT2D eigenvalue weighted by molar-refractivity contribution is 5.80. The van der Waals surface area contributed by atoms with Crippen LogP contribution < -0.4 is 5.32 Å². The van der Waals surface area contributed by atoms with Crippen molar-refractivity contribution in [3.05, 3.63) is 35.2 Å². The number of hydrogen-bond acceptors (Lipinski definition) is 3. The van der Waals surface area contributed by atoms with E-state index in [1.54, 1.807) is 6.20 Å². The molecule has 0 aromatic carbocycles. The number of rotatable bonds is 6. The first-order valence-corrected chi connectivity index (χ1v) is 8.20. The number of amides is 1. The largest absolute Gasteiger partial charge is 0.350 e. The summed E-state index contributed by atoms with van der Waals surface area (Å²) >= 11 is 0. The molecule has 0 aliphatic heterocycles. The van der Waals surface area contributed by atoms with Crippen LogP contribution in [-0.2, 0) is 17.9 Å². The Balaban J connectivity index is 2.08. The van der Waals surface area contributed by atoms with Crippen molar-refractivity contribution < 1.29 is 4.79 Å². The van der Waals surface area contributed by atoms with Gasteiger partial charge in [0.15, 0.2) is 0 Å². The van der Waals surface area contributed by atoms with Gasteiger partial charge in [-0.05, 0) is 27.7 Å². The van der Waals surface area contributed by atoms with Crippen molar-refractivity contribution in [1.82, 2.24) is 24.6 Å². The minimum atomic E-state index is -0.281. The SMILES string of the molecule is CCn1nc(C)c(CNC(=O)[C@@H](C)n2ccnc2C(C)C)c1C. The highest BCUT2D eigenvalue weighted by atomic mass is 16.2. The van der Waals surface area contributed by atoms with E-state index < -0.39 is 0 Å². The maximum Gasteiger partial charge on any atom is 0.243 e. The quantitative estimate of drug-likeness (QED) is 0.891. The molecule has 0 saturated heterocycles. The third-order valence-corrected chi connectivity index (χ3v) is 4.28. The third kappa shape index (κ3) is 3.46. The summed E-state index contributed by atoms with van der Waals surface area (Å²) in [4.78, 5) is 16.9. The maximum absolute atomic E-state index is 12.5. The second-order valence-electron chi connectivity index (χ2n) is 6.21. The minimum Gasteiger partial charge on any atom is -0.350 e. The number of aryl methyl sites for hydroxylation is 2. The van der Waals surface area contributed by atoms with Gasteiger partial charge in [-0.3, -0.25) is 9.48 Å². The second kappa shape index (κ2) is 6.98. The summed E-state index contributed by atoms with van der Waals surface area (Å²) in [6.45, 7) is 13.5. The smallest absolute Gasteiger partial charge is 0.243 e. The van der Waals surface area contributed by atoms with Crippen molar-refractivity contribution >= 4 is 5.91 Å². The monoisotopic (exact) mass is 317 g/mol. The van der Waals surface area contributed by atoms with Gasteiger partial charge in [-0.2, -0.15) is 5.10 Å². The van der Waals surface area contributed by atoms with Gasteiger partial charge in [0, 0.05) is 42.7 Å². The fourth-order valence-corrected chi connectivity index (χ4v) is 2.85. The Hall–Kier alpha value is -2.11. The molecule has 0 fully saturated rings. The van der Waals surface area contributed by atoms with Crippen LogP contribution in [0.15, 0.2) is 12.4 Å². The van der Waals surface area contributed by atoms with Gasteiger partial charge in [0.2, 0.25) is 5.91 Å². The van der Waals surface area contributed by atoms with Gasteiger partial charge >= 0.3 is 0 Å². The van der Waals surface area contributed by atoms with Crippen LogP contribution in [0.1, 0.15) is 62.4 Å². The van der Waals surface area contributed by atoms with E-state index in [1.165, 1.54) is 0 Å². The van der Waals surface area contributed by atoms with Gasteiger partial charge in [-0.25, -0.2) is 4.98 Å².